The molecule has 41 heavy (non-hydrogen) atoms. The van der Waals surface area contributed by atoms with Crippen LogP contribution in [0.3, 0.4) is 0 Å². The first-order valence-corrected chi connectivity index (χ1v) is 13.1. The highest BCUT2D eigenvalue weighted by Crippen LogP contribution is 2.37. The van der Waals surface area contributed by atoms with Crippen LogP contribution >= 0.6 is 0 Å². The van der Waals surface area contributed by atoms with Crippen LogP contribution < -0.4 is 10.1 Å². The highest BCUT2D eigenvalue weighted by atomic mass is 16.6. The molecular weight excluding hydrogens is 522 g/mol. The van der Waals surface area contributed by atoms with Crippen molar-refractivity contribution in [3.63, 3.8) is 0 Å². The van der Waals surface area contributed by atoms with Gasteiger partial charge in [-0.2, -0.15) is 5.10 Å². The van der Waals surface area contributed by atoms with E-state index in [2.05, 4.69) is 20.4 Å². The molecule has 216 valence electrons. The second-order valence-electron chi connectivity index (χ2n) is 10.6. The Labute approximate surface area is 240 Å². The van der Waals surface area contributed by atoms with Crippen LogP contribution in [0.5, 0.6) is 5.75 Å². The summed E-state index contributed by atoms with van der Waals surface area (Å²) in [5.41, 5.74) is 3.91. The molecule has 0 saturated carbocycles. The first kappa shape index (κ1) is 29.3. The van der Waals surface area contributed by atoms with Crippen molar-refractivity contribution in [2.24, 2.45) is 7.05 Å². The van der Waals surface area contributed by atoms with Crippen LogP contribution in [0.1, 0.15) is 28.2 Å². The van der Waals surface area contributed by atoms with Crippen LogP contribution in [0, 0.1) is 0 Å². The minimum Gasteiger partial charge on any atom is -0.494 e. The molecule has 1 saturated heterocycles. The number of piperazine rings is 1. The number of rotatable bonds is 4. The van der Waals surface area contributed by atoms with Gasteiger partial charge in [0.15, 0.2) is 0 Å². The Hall–Kier alpha value is -4.67. The van der Waals surface area contributed by atoms with Crippen LogP contribution in [0.2, 0.25) is 0 Å². The molecule has 11 nitrogen and oxygen atoms in total. The molecule has 1 fully saturated rings. The number of carbonyl (C=O) groups excluding carboxylic acids is 2. The number of anilines is 1. The monoisotopic (exact) mass is 559 g/mol. The Balaban J connectivity index is 0.00000387. The number of fused-ring (bicyclic) bond motifs is 1. The van der Waals surface area contributed by atoms with E-state index in [1.54, 1.807) is 27.7 Å². The summed E-state index contributed by atoms with van der Waals surface area (Å²) in [6.45, 7) is 7.03. The van der Waals surface area contributed by atoms with Crippen molar-refractivity contribution in [2.75, 3.05) is 38.6 Å². The van der Waals surface area contributed by atoms with Gasteiger partial charge in [0.2, 0.25) is 0 Å². The van der Waals surface area contributed by atoms with Crippen molar-refractivity contribution < 1.29 is 19.1 Å². The summed E-state index contributed by atoms with van der Waals surface area (Å²) < 4.78 is 12.8. The fourth-order valence-electron chi connectivity index (χ4n) is 4.65. The number of hydrogen-bond donors (Lipinski definition) is 1. The zero-order valence-corrected chi connectivity index (χ0v) is 23.3. The van der Waals surface area contributed by atoms with Gasteiger partial charge in [-0.05, 0) is 26.8 Å². The number of aromatic nitrogens is 4. The molecule has 2 aromatic heterocycles. The van der Waals surface area contributed by atoms with E-state index in [1.807, 2.05) is 70.4 Å². The topological polar surface area (TPSA) is 115 Å². The van der Waals surface area contributed by atoms with Gasteiger partial charge in [0, 0.05) is 62.0 Å². The Morgan fingerprint density at radius 1 is 0.951 bits per heavy atom. The summed E-state index contributed by atoms with van der Waals surface area (Å²) in [6, 6.07) is 13.3. The van der Waals surface area contributed by atoms with Crippen LogP contribution in [0.4, 0.5) is 15.3 Å². The second kappa shape index (κ2) is 11.8. The SMILES string of the molecule is C.COc1cc2ncnc(-c3cn(C)nc3-c3ccccc3)c2cc1NC(=O)N1CCN(C(=O)OC(C)(C)C)CC1. The van der Waals surface area contributed by atoms with Crippen molar-refractivity contribution >= 4 is 28.7 Å². The number of carbonyl (C=O) groups is 2. The molecule has 1 aliphatic heterocycles. The van der Waals surface area contributed by atoms with Gasteiger partial charge in [-0.1, -0.05) is 37.8 Å². The maximum Gasteiger partial charge on any atom is 0.410 e. The highest BCUT2D eigenvalue weighted by Gasteiger charge is 2.28. The van der Waals surface area contributed by atoms with Crippen molar-refractivity contribution in [3.8, 4) is 28.3 Å². The standard InChI is InChI=1S/C29H33N7O4.CH4/c1-29(2,3)40-28(38)36-13-11-35(12-14-36)27(37)32-23-15-20-22(16-24(23)39-5)30-18-31-26(20)21-17-34(4)33-25(21)19-9-7-6-8-10-19;/h6-10,15-18H,11-14H2,1-5H3,(H,32,37);1H4. The van der Waals surface area contributed by atoms with E-state index in [-0.39, 0.29) is 19.6 Å². The molecule has 4 aromatic rings. The smallest absolute Gasteiger partial charge is 0.410 e. The number of aryl methyl sites for hydroxylation is 1. The third-order valence-electron chi connectivity index (χ3n) is 6.55. The van der Waals surface area contributed by atoms with E-state index >= 15 is 0 Å². The Morgan fingerprint density at radius 2 is 1.63 bits per heavy atom. The molecule has 3 amide bonds. The van der Waals surface area contributed by atoms with E-state index in [0.717, 1.165) is 22.2 Å². The van der Waals surface area contributed by atoms with Gasteiger partial charge in [0.05, 0.1) is 24.0 Å². The number of benzene rings is 2. The average Bonchev–Trinajstić information content (AvgIpc) is 3.33. The lowest BCUT2D eigenvalue weighted by molar-refractivity contribution is 0.0174. The van der Waals surface area contributed by atoms with Gasteiger partial charge < -0.3 is 24.6 Å². The summed E-state index contributed by atoms with van der Waals surface area (Å²) in [5, 5.41) is 8.42. The van der Waals surface area contributed by atoms with Gasteiger partial charge in [-0.3, -0.25) is 4.68 Å². The van der Waals surface area contributed by atoms with Crippen LogP contribution in [-0.4, -0.2) is 80.6 Å². The normalized spacial score (nSPS) is 13.5. The Kier molecular flexibility index (Phi) is 8.46. The zero-order valence-electron chi connectivity index (χ0n) is 23.3. The summed E-state index contributed by atoms with van der Waals surface area (Å²) in [5.74, 6) is 0.479. The van der Waals surface area contributed by atoms with Gasteiger partial charge in [-0.25, -0.2) is 19.6 Å². The Morgan fingerprint density at radius 3 is 2.29 bits per heavy atom. The number of ether oxygens (including phenoxy) is 2. The molecule has 0 spiro atoms. The van der Waals surface area contributed by atoms with Crippen LogP contribution in [0.15, 0.2) is 55.0 Å². The zero-order chi connectivity index (χ0) is 28.4. The number of urea groups is 1. The van der Waals surface area contributed by atoms with E-state index < -0.39 is 5.60 Å². The van der Waals surface area contributed by atoms with Crippen molar-refractivity contribution in [3.05, 3.63) is 55.0 Å². The van der Waals surface area contributed by atoms with Crippen molar-refractivity contribution in [2.45, 2.75) is 33.8 Å². The number of nitrogens with one attached hydrogen (secondary N) is 1. The largest absolute Gasteiger partial charge is 0.494 e. The molecule has 11 heteroatoms. The fraction of sp³-hybridized carbons (Fsp3) is 0.367. The second-order valence-corrected chi connectivity index (χ2v) is 10.6. The van der Waals surface area contributed by atoms with Gasteiger partial charge >= 0.3 is 12.1 Å². The van der Waals surface area contributed by atoms with Gasteiger partial charge in [0.25, 0.3) is 0 Å². The molecule has 0 radical (unpaired) electrons. The maximum absolute atomic E-state index is 13.3. The minimum atomic E-state index is -0.571. The predicted molar refractivity (Wildman–Crippen MR) is 159 cm³/mol. The molecule has 0 aliphatic carbocycles. The van der Waals surface area contributed by atoms with Gasteiger partial charge in [-0.15, -0.1) is 0 Å². The number of amides is 3. The minimum absolute atomic E-state index is 0. The van der Waals surface area contributed by atoms with Crippen LogP contribution in [-0.2, 0) is 11.8 Å². The lowest BCUT2D eigenvalue weighted by atomic mass is 10.0. The fourth-order valence-corrected chi connectivity index (χ4v) is 4.65. The molecule has 1 aliphatic rings. The third kappa shape index (κ3) is 6.40. The highest BCUT2D eigenvalue weighted by molar-refractivity contribution is 6.01. The van der Waals surface area contributed by atoms with Crippen LogP contribution in [0.25, 0.3) is 33.4 Å². The predicted octanol–water partition coefficient (Wildman–Crippen LogP) is 5.43. The first-order valence-electron chi connectivity index (χ1n) is 13.1. The quantitative estimate of drug-likeness (QED) is 0.355. The maximum atomic E-state index is 13.3. The molecule has 0 bridgehead atoms. The lowest BCUT2D eigenvalue weighted by Crippen LogP contribution is -2.52. The molecule has 3 heterocycles. The molecule has 0 unspecified atom stereocenters. The number of methoxy groups -OCH3 is 1. The first-order chi connectivity index (χ1) is 19.1. The van der Waals surface area contributed by atoms with Gasteiger partial charge in [0.1, 0.15) is 23.4 Å². The van der Waals surface area contributed by atoms with Crippen molar-refractivity contribution in [1.29, 1.82) is 0 Å². The van der Waals surface area contributed by atoms with E-state index in [0.29, 0.717) is 48.8 Å². The summed E-state index contributed by atoms with van der Waals surface area (Å²) in [4.78, 5) is 38.0. The summed E-state index contributed by atoms with van der Waals surface area (Å²) >= 11 is 0. The van der Waals surface area contributed by atoms with E-state index in [4.69, 9.17) is 9.47 Å². The summed E-state index contributed by atoms with van der Waals surface area (Å²) in [6.07, 6.45) is 3.07. The lowest BCUT2D eigenvalue weighted by Gasteiger charge is -2.35. The molecule has 2 aromatic carbocycles. The number of nitrogens with zero attached hydrogens (tertiary/aromatic N) is 6. The number of hydrogen-bond acceptors (Lipinski definition) is 7. The van der Waals surface area contributed by atoms with Crippen molar-refractivity contribution in [1.82, 2.24) is 29.5 Å². The third-order valence-corrected chi connectivity index (χ3v) is 6.55. The molecule has 5 rings (SSSR count). The van der Waals surface area contributed by atoms with E-state index in [9.17, 15) is 9.59 Å². The van der Waals surface area contributed by atoms with E-state index in [1.165, 1.54) is 6.33 Å². The summed E-state index contributed by atoms with van der Waals surface area (Å²) in [7, 11) is 3.42. The molecule has 1 N–H and O–H groups in total. The molecule has 0 atom stereocenters. The average molecular weight is 560 g/mol. The molecular formula is C30H37N7O4. The Bertz CT molecular complexity index is 1540.